The maximum atomic E-state index is 12.2. The van der Waals surface area contributed by atoms with Crippen molar-refractivity contribution in [2.45, 2.75) is 13.0 Å². The molecule has 3 aromatic rings. The maximum Gasteiger partial charge on any atom is 0.413 e. The minimum Gasteiger partial charge on any atom is -0.441 e. The summed E-state index contributed by atoms with van der Waals surface area (Å²) in [6.07, 6.45) is 0.487. The summed E-state index contributed by atoms with van der Waals surface area (Å²) < 4.78 is 7.91. The first kappa shape index (κ1) is 17.5. The first-order valence-corrected chi connectivity index (χ1v) is 8.74. The van der Waals surface area contributed by atoms with Crippen LogP contribution in [-0.4, -0.2) is 15.9 Å². The van der Waals surface area contributed by atoms with Gasteiger partial charge in [-0.05, 0) is 36.8 Å². The van der Waals surface area contributed by atoms with Gasteiger partial charge in [0.05, 0.1) is 11.9 Å². The van der Waals surface area contributed by atoms with Gasteiger partial charge in [-0.2, -0.15) is 5.10 Å². The number of nitrogens with one attached hydrogen (secondary N) is 1. The molecule has 7 heteroatoms. The van der Waals surface area contributed by atoms with Crippen LogP contribution in [-0.2, 0) is 4.74 Å². The Balaban J connectivity index is 1.75. The molecular formula is C18H15BrClN3O2. The minimum atomic E-state index is -0.600. The van der Waals surface area contributed by atoms with Gasteiger partial charge in [0.2, 0.25) is 0 Å². The standard InChI is InChI=1S/C18H15BrClN3O2/c1-12(13-5-3-2-4-6-13)25-18(24)22-17-16(20)11-21-23(17)15-9-7-14(19)8-10-15/h2-12H,1H3,(H,22,24)/t12-/m1/s1. The van der Waals surface area contributed by atoms with Crippen LogP contribution in [0.2, 0.25) is 5.02 Å². The lowest BCUT2D eigenvalue weighted by Gasteiger charge is -2.15. The molecule has 5 nitrogen and oxygen atoms in total. The van der Waals surface area contributed by atoms with Crippen LogP contribution in [0.25, 0.3) is 5.69 Å². The van der Waals surface area contributed by atoms with E-state index < -0.39 is 6.09 Å². The minimum absolute atomic E-state index is 0.326. The smallest absolute Gasteiger partial charge is 0.413 e. The molecule has 1 N–H and O–H groups in total. The molecule has 0 radical (unpaired) electrons. The van der Waals surface area contributed by atoms with Crippen LogP contribution in [0.1, 0.15) is 18.6 Å². The molecule has 1 heterocycles. The van der Waals surface area contributed by atoms with E-state index in [0.717, 1.165) is 15.7 Å². The zero-order valence-corrected chi connectivity index (χ0v) is 15.7. The van der Waals surface area contributed by atoms with Crippen molar-refractivity contribution in [2.24, 2.45) is 0 Å². The average Bonchev–Trinajstić information content (AvgIpc) is 2.97. The molecule has 2 aromatic carbocycles. The molecular weight excluding hydrogens is 406 g/mol. The van der Waals surface area contributed by atoms with Crippen LogP contribution in [0.5, 0.6) is 0 Å². The lowest BCUT2D eigenvalue weighted by molar-refractivity contribution is 0.121. The van der Waals surface area contributed by atoms with Gasteiger partial charge in [0.15, 0.2) is 5.82 Å². The summed E-state index contributed by atoms with van der Waals surface area (Å²) in [4.78, 5) is 12.2. The van der Waals surface area contributed by atoms with Crippen molar-refractivity contribution < 1.29 is 9.53 Å². The Labute approximate surface area is 158 Å². The summed E-state index contributed by atoms with van der Waals surface area (Å²) in [5.74, 6) is 0.356. The van der Waals surface area contributed by atoms with Crippen LogP contribution in [0.15, 0.2) is 65.3 Å². The first-order chi connectivity index (χ1) is 12.0. The van der Waals surface area contributed by atoms with Crippen molar-refractivity contribution in [3.8, 4) is 5.69 Å². The summed E-state index contributed by atoms with van der Waals surface area (Å²) >= 11 is 9.55. The highest BCUT2D eigenvalue weighted by Gasteiger charge is 2.17. The molecule has 0 spiro atoms. The first-order valence-electron chi connectivity index (χ1n) is 7.56. The van der Waals surface area contributed by atoms with E-state index in [1.54, 1.807) is 4.68 Å². The van der Waals surface area contributed by atoms with Gasteiger partial charge in [0.1, 0.15) is 11.1 Å². The predicted octanol–water partition coefficient (Wildman–Crippen LogP) is 5.60. The average molecular weight is 421 g/mol. The summed E-state index contributed by atoms with van der Waals surface area (Å²) in [6.45, 7) is 1.81. The number of anilines is 1. The molecule has 0 aliphatic rings. The van der Waals surface area contributed by atoms with Crippen molar-refractivity contribution in [3.63, 3.8) is 0 Å². The molecule has 0 saturated carbocycles. The number of benzene rings is 2. The van der Waals surface area contributed by atoms with E-state index in [1.807, 2.05) is 61.5 Å². The normalized spacial score (nSPS) is 11.8. The Hall–Kier alpha value is -2.31. The fourth-order valence-corrected chi connectivity index (χ4v) is 2.73. The van der Waals surface area contributed by atoms with E-state index in [-0.39, 0.29) is 6.10 Å². The number of carbonyl (C=O) groups excluding carboxylic acids is 1. The molecule has 1 atom stereocenters. The molecule has 0 bridgehead atoms. The van der Waals surface area contributed by atoms with Crippen molar-refractivity contribution in [1.29, 1.82) is 0 Å². The summed E-state index contributed by atoms with van der Waals surface area (Å²) in [5, 5.41) is 7.20. The topological polar surface area (TPSA) is 56.1 Å². The van der Waals surface area contributed by atoms with Gasteiger partial charge in [-0.15, -0.1) is 0 Å². The second-order valence-corrected chi connectivity index (χ2v) is 6.64. The zero-order chi connectivity index (χ0) is 17.8. The number of hydrogen-bond acceptors (Lipinski definition) is 3. The lowest BCUT2D eigenvalue weighted by Crippen LogP contribution is -2.18. The van der Waals surface area contributed by atoms with Crippen LogP contribution in [0.4, 0.5) is 10.6 Å². The number of rotatable bonds is 4. The molecule has 3 rings (SSSR count). The number of halogens is 2. The molecule has 25 heavy (non-hydrogen) atoms. The fourth-order valence-electron chi connectivity index (χ4n) is 2.30. The quantitative estimate of drug-likeness (QED) is 0.598. The number of nitrogens with zero attached hydrogens (tertiary/aromatic N) is 2. The molecule has 128 valence electrons. The second-order valence-electron chi connectivity index (χ2n) is 5.31. The van der Waals surface area contributed by atoms with Crippen molar-refractivity contribution >= 4 is 39.4 Å². The molecule has 1 aromatic heterocycles. The summed E-state index contributed by atoms with van der Waals surface area (Å²) in [6, 6.07) is 17.0. The third kappa shape index (κ3) is 4.21. The third-order valence-corrected chi connectivity index (χ3v) is 4.37. The van der Waals surface area contributed by atoms with Crippen LogP contribution < -0.4 is 5.32 Å². The van der Waals surface area contributed by atoms with Crippen molar-refractivity contribution in [3.05, 3.63) is 75.9 Å². The van der Waals surface area contributed by atoms with Gasteiger partial charge in [-0.25, -0.2) is 9.48 Å². The Kier molecular flexibility index (Phi) is 5.40. The number of amides is 1. The monoisotopic (exact) mass is 419 g/mol. The van der Waals surface area contributed by atoms with Crippen molar-refractivity contribution in [2.75, 3.05) is 5.32 Å². The Morgan fingerprint density at radius 1 is 1.20 bits per heavy atom. The molecule has 0 aliphatic heterocycles. The van der Waals surface area contributed by atoms with Crippen molar-refractivity contribution in [1.82, 2.24) is 9.78 Å². The molecule has 0 saturated heterocycles. The fraction of sp³-hybridized carbons (Fsp3) is 0.111. The SMILES string of the molecule is C[C@@H](OC(=O)Nc1c(Cl)cnn1-c1ccc(Br)cc1)c1ccccc1. The predicted molar refractivity (Wildman–Crippen MR) is 101 cm³/mol. The molecule has 0 aliphatic carbocycles. The molecule has 1 amide bonds. The van der Waals surface area contributed by atoms with Gasteiger partial charge in [0, 0.05) is 4.47 Å². The summed E-state index contributed by atoms with van der Waals surface area (Å²) in [5.41, 5.74) is 1.67. The largest absolute Gasteiger partial charge is 0.441 e. The van der Waals surface area contributed by atoms with Crippen LogP contribution in [0.3, 0.4) is 0 Å². The Bertz CT molecular complexity index is 866. The molecule has 0 fully saturated rings. The zero-order valence-electron chi connectivity index (χ0n) is 13.3. The number of carbonyl (C=O) groups is 1. The maximum absolute atomic E-state index is 12.2. The van der Waals surface area contributed by atoms with Gasteiger partial charge < -0.3 is 4.74 Å². The van der Waals surface area contributed by atoms with Gasteiger partial charge >= 0.3 is 6.09 Å². The Morgan fingerprint density at radius 3 is 2.56 bits per heavy atom. The second kappa shape index (κ2) is 7.72. The number of aromatic nitrogens is 2. The lowest BCUT2D eigenvalue weighted by atomic mass is 10.1. The van der Waals surface area contributed by atoms with Crippen LogP contribution >= 0.6 is 27.5 Å². The Morgan fingerprint density at radius 2 is 1.88 bits per heavy atom. The number of hydrogen-bond donors (Lipinski definition) is 1. The van der Waals surface area contributed by atoms with E-state index in [1.165, 1.54) is 6.20 Å². The van der Waals surface area contributed by atoms with Gasteiger partial charge in [0.25, 0.3) is 0 Å². The van der Waals surface area contributed by atoms with Gasteiger partial charge in [-0.1, -0.05) is 57.9 Å². The number of ether oxygens (including phenoxy) is 1. The van der Waals surface area contributed by atoms with Crippen LogP contribution in [0, 0.1) is 0 Å². The highest BCUT2D eigenvalue weighted by atomic mass is 79.9. The molecule has 0 unspecified atom stereocenters. The third-order valence-electron chi connectivity index (χ3n) is 3.57. The van der Waals surface area contributed by atoms with Gasteiger partial charge in [-0.3, -0.25) is 5.32 Å². The van der Waals surface area contributed by atoms with E-state index in [2.05, 4.69) is 26.3 Å². The van der Waals surface area contributed by atoms with E-state index >= 15 is 0 Å². The van der Waals surface area contributed by atoms with E-state index in [4.69, 9.17) is 16.3 Å². The van der Waals surface area contributed by atoms with E-state index in [9.17, 15) is 4.79 Å². The highest BCUT2D eigenvalue weighted by Crippen LogP contribution is 2.26. The summed E-state index contributed by atoms with van der Waals surface area (Å²) in [7, 11) is 0. The highest BCUT2D eigenvalue weighted by molar-refractivity contribution is 9.10. The van der Waals surface area contributed by atoms with E-state index in [0.29, 0.717) is 10.8 Å².